The van der Waals surface area contributed by atoms with Gasteiger partial charge in [-0.15, -0.1) is 0 Å². The standard InChI is InChI=1S/C16H23NO2/c1-15(2,3)10-7-8-11-12(9-10)14(19)17(13(11)18)16(4,5)6/h7-9,14,19H,1-6H3. The van der Waals surface area contributed by atoms with Crippen LogP contribution in [0.2, 0.25) is 0 Å². The highest BCUT2D eigenvalue weighted by Crippen LogP contribution is 2.38. The molecule has 0 saturated carbocycles. The van der Waals surface area contributed by atoms with Crippen molar-refractivity contribution >= 4 is 5.91 Å². The predicted molar refractivity (Wildman–Crippen MR) is 76.0 cm³/mol. The van der Waals surface area contributed by atoms with Crippen molar-refractivity contribution in [3.63, 3.8) is 0 Å². The van der Waals surface area contributed by atoms with Crippen LogP contribution in [0.4, 0.5) is 0 Å². The molecule has 1 aliphatic rings. The van der Waals surface area contributed by atoms with Gasteiger partial charge in [-0.25, -0.2) is 0 Å². The van der Waals surface area contributed by atoms with Gasteiger partial charge in [0, 0.05) is 16.7 Å². The van der Waals surface area contributed by atoms with Crippen LogP contribution < -0.4 is 0 Å². The van der Waals surface area contributed by atoms with Gasteiger partial charge >= 0.3 is 0 Å². The Morgan fingerprint density at radius 2 is 1.68 bits per heavy atom. The molecule has 0 fully saturated rings. The van der Waals surface area contributed by atoms with Crippen molar-refractivity contribution in [1.29, 1.82) is 0 Å². The van der Waals surface area contributed by atoms with E-state index in [1.165, 1.54) is 0 Å². The molecule has 3 nitrogen and oxygen atoms in total. The third-order valence-electron chi connectivity index (χ3n) is 3.61. The second-order valence-corrected chi connectivity index (χ2v) is 7.27. The van der Waals surface area contributed by atoms with E-state index >= 15 is 0 Å². The van der Waals surface area contributed by atoms with E-state index in [1.54, 1.807) is 4.90 Å². The zero-order valence-electron chi connectivity index (χ0n) is 12.6. The van der Waals surface area contributed by atoms with Crippen molar-refractivity contribution in [2.75, 3.05) is 0 Å². The molecule has 1 aromatic rings. The maximum absolute atomic E-state index is 12.4. The van der Waals surface area contributed by atoms with Gasteiger partial charge in [0.2, 0.25) is 0 Å². The predicted octanol–water partition coefficient (Wildman–Crippen LogP) is 3.23. The molecule has 1 aromatic carbocycles. The largest absolute Gasteiger partial charge is 0.369 e. The Kier molecular flexibility index (Phi) is 3.01. The summed E-state index contributed by atoms with van der Waals surface area (Å²) in [5.74, 6) is -0.0875. The van der Waals surface area contributed by atoms with Crippen molar-refractivity contribution in [2.24, 2.45) is 0 Å². The molecule has 104 valence electrons. The van der Waals surface area contributed by atoms with Gasteiger partial charge in [-0.3, -0.25) is 4.79 Å². The molecule has 1 atom stereocenters. The molecule has 19 heavy (non-hydrogen) atoms. The summed E-state index contributed by atoms with van der Waals surface area (Å²) < 4.78 is 0. The van der Waals surface area contributed by atoms with E-state index in [0.717, 1.165) is 11.1 Å². The zero-order valence-corrected chi connectivity index (χ0v) is 12.6. The lowest BCUT2D eigenvalue weighted by atomic mass is 9.85. The van der Waals surface area contributed by atoms with E-state index < -0.39 is 11.8 Å². The van der Waals surface area contributed by atoms with Crippen molar-refractivity contribution < 1.29 is 9.90 Å². The van der Waals surface area contributed by atoms with Gasteiger partial charge in [0.1, 0.15) is 0 Å². The molecule has 1 unspecified atom stereocenters. The molecule has 0 bridgehead atoms. The summed E-state index contributed by atoms with van der Waals surface area (Å²) in [6.45, 7) is 12.2. The first-order chi connectivity index (χ1) is 8.53. The molecule has 0 saturated heterocycles. The Morgan fingerprint density at radius 3 is 2.16 bits per heavy atom. The van der Waals surface area contributed by atoms with Crippen LogP contribution in [0.3, 0.4) is 0 Å². The van der Waals surface area contributed by atoms with E-state index in [2.05, 4.69) is 20.8 Å². The highest BCUT2D eigenvalue weighted by molar-refractivity contribution is 5.99. The molecule has 3 heteroatoms. The second kappa shape index (κ2) is 4.07. The number of carbonyl (C=O) groups is 1. The van der Waals surface area contributed by atoms with E-state index in [1.807, 2.05) is 39.0 Å². The molecule has 1 amide bonds. The number of rotatable bonds is 0. The fourth-order valence-electron chi connectivity index (χ4n) is 2.49. The smallest absolute Gasteiger partial charge is 0.257 e. The normalized spacial score (nSPS) is 19.8. The van der Waals surface area contributed by atoms with E-state index in [9.17, 15) is 9.90 Å². The number of hydrogen-bond acceptors (Lipinski definition) is 2. The number of aliphatic hydroxyl groups excluding tert-OH is 1. The van der Waals surface area contributed by atoms with Gasteiger partial charge in [0.15, 0.2) is 6.23 Å². The number of fused-ring (bicyclic) bond motifs is 1. The SMILES string of the molecule is CC(C)(C)c1ccc2c(c1)C(O)N(C(C)(C)C)C2=O. The van der Waals surface area contributed by atoms with Crippen LogP contribution in [0.5, 0.6) is 0 Å². The number of nitrogens with zero attached hydrogens (tertiary/aromatic N) is 1. The number of amides is 1. The summed E-state index contributed by atoms with van der Waals surface area (Å²) in [6.07, 6.45) is -0.843. The average molecular weight is 261 g/mol. The maximum Gasteiger partial charge on any atom is 0.257 e. The minimum absolute atomic E-state index is 0.00689. The van der Waals surface area contributed by atoms with Crippen LogP contribution >= 0.6 is 0 Å². The van der Waals surface area contributed by atoms with Crippen molar-refractivity contribution in [1.82, 2.24) is 4.90 Å². The number of aliphatic hydroxyl groups is 1. The first kappa shape index (κ1) is 14.1. The Morgan fingerprint density at radius 1 is 1.11 bits per heavy atom. The monoisotopic (exact) mass is 261 g/mol. The lowest BCUT2D eigenvalue weighted by Gasteiger charge is -2.34. The third kappa shape index (κ3) is 2.27. The van der Waals surface area contributed by atoms with E-state index in [-0.39, 0.29) is 11.3 Å². The Hall–Kier alpha value is -1.35. The van der Waals surface area contributed by atoms with Crippen LogP contribution in [0, 0.1) is 0 Å². The summed E-state index contributed by atoms with van der Waals surface area (Å²) in [4.78, 5) is 13.9. The van der Waals surface area contributed by atoms with E-state index in [0.29, 0.717) is 5.56 Å². The number of carbonyl (C=O) groups excluding carboxylic acids is 1. The molecule has 0 radical (unpaired) electrons. The zero-order chi connectivity index (χ0) is 14.6. The van der Waals surface area contributed by atoms with Crippen molar-refractivity contribution in [3.05, 3.63) is 34.9 Å². The van der Waals surface area contributed by atoms with Gasteiger partial charge in [0.05, 0.1) is 0 Å². The topological polar surface area (TPSA) is 40.5 Å². The van der Waals surface area contributed by atoms with Crippen LogP contribution in [0.25, 0.3) is 0 Å². The molecular weight excluding hydrogens is 238 g/mol. The molecule has 0 aromatic heterocycles. The summed E-state index contributed by atoms with van der Waals surface area (Å²) >= 11 is 0. The van der Waals surface area contributed by atoms with Gasteiger partial charge in [0.25, 0.3) is 5.91 Å². The minimum Gasteiger partial charge on any atom is -0.369 e. The lowest BCUT2D eigenvalue weighted by Crippen LogP contribution is -2.43. The third-order valence-corrected chi connectivity index (χ3v) is 3.61. The lowest BCUT2D eigenvalue weighted by molar-refractivity contribution is -0.0228. The van der Waals surface area contributed by atoms with Gasteiger partial charge in [-0.2, -0.15) is 0 Å². The summed E-state index contributed by atoms with van der Waals surface area (Å²) in [6, 6.07) is 5.78. The van der Waals surface area contributed by atoms with E-state index in [4.69, 9.17) is 0 Å². The molecule has 0 aliphatic carbocycles. The fraction of sp³-hybridized carbons (Fsp3) is 0.562. The number of hydrogen-bond donors (Lipinski definition) is 1. The van der Waals surface area contributed by atoms with Crippen LogP contribution in [-0.2, 0) is 5.41 Å². The maximum atomic E-state index is 12.4. The quantitative estimate of drug-likeness (QED) is 0.779. The molecular formula is C16H23NO2. The molecule has 2 rings (SSSR count). The first-order valence-corrected chi connectivity index (χ1v) is 6.69. The van der Waals surface area contributed by atoms with Crippen LogP contribution in [-0.4, -0.2) is 21.5 Å². The molecule has 0 spiro atoms. The van der Waals surface area contributed by atoms with Crippen molar-refractivity contribution in [3.8, 4) is 0 Å². The summed E-state index contributed by atoms with van der Waals surface area (Å²) in [5, 5.41) is 10.4. The molecule has 1 aliphatic heterocycles. The van der Waals surface area contributed by atoms with Crippen molar-refractivity contribution in [2.45, 2.75) is 58.7 Å². The van der Waals surface area contributed by atoms with Gasteiger partial charge in [-0.1, -0.05) is 26.8 Å². The highest BCUT2D eigenvalue weighted by atomic mass is 16.3. The van der Waals surface area contributed by atoms with Gasteiger partial charge in [-0.05, 0) is 43.9 Å². The van der Waals surface area contributed by atoms with Gasteiger partial charge < -0.3 is 10.0 Å². The highest BCUT2D eigenvalue weighted by Gasteiger charge is 2.41. The minimum atomic E-state index is -0.843. The second-order valence-electron chi connectivity index (χ2n) is 7.27. The Bertz CT molecular complexity index is 521. The van der Waals surface area contributed by atoms with Crippen LogP contribution in [0.15, 0.2) is 18.2 Å². The van der Waals surface area contributed by atoms with Crippen LogP contribution in [0.1, 0.15) is 69.3 Å². The Labute approximate surface area is 115 Å². The first-order valence-electron chi connectivity index (χ1n) is 6.69. The summed E-state index contributed by atoms with van der Waals surface area (Å²) in [5.41, 5.74) is 2.10. The Balaban J connectivity index is 2.52. The number of benzene rings is 1. The summed E-state index contributed by atoms with van der Waals surface area (Å²) in [7, 11) is 0. The average Bonchev–Trinajstić information content (AvgIpc) is 2.49. The molecule has 1 N–H and O–H groups in total. The fourth-order valence-corrected chi connectivity index (χ4v) is 2.49. The molecule has 1 heterocycles.